The summed E-state index contributed by atoms with van der Waals surface area (Å²) in [5, 5.41) is 0.740. The molecule has 6 nitrogen and oxygen atoms in total. The predicted molar refractivity (Wildman–Crippen MR) is 115 cm³/mol. The van der Waals surface area contributed by atoms with Crippen LogP contribution < -0.4 is 5.56 Å². The molecule has 0 atom stereocenters. The monoisotopic (exact) mass is 455 g/mol. The molecular formula is C19H30BrN3O3Si. The Morgan fingerprint density at radius 1 is 1.26 bits per heavy atom. The van der Waals surface area contributed by atoms with Gasteiger partial charge in [-0.1, -0.05) is 19.6 Å². The Kier molecular flexibility index (Phi) is 6.63. The number of rotatable bonds is 7. The van der Waals surface area contributed by atoms with E-state index < -0.39 is 8.07 Å². The zero-order chi connectivity index (χ0) is 19.6. The number of aryl methyl sites for hydroxylation is 1. The highest BCUT2D eigenvalue weighted by Gasteiger charge is 2.19. The van der Waals surface area contributed by atoms with Crippen molar-refractivity contribution >= 4 is 34.9 Å². The van der Waals surface area contributed by atoms with Crippen molar-refractivity contribution in [2.75, 3.05) is 32.9 Å². The Hall–Kier alpha value is -0.933. The first-order valence-electron chi connectivity index (χ1n) is 9.51. The first-order chi connectivity index (χ1) is 12.8. The van der Waals surface area contributed by atoms with Gasteiger partial charge in [-0.05, 0) is 28.0 Å². The van der Waals surface area contributed by atoms with Crippen molar-refractivity contribution in [1.29, 1.82) is 0 Å². The standard InChI is InChI=1S/C19H30BrN3O3Si/c1-21-13-17(20)18-16(19(21)24)11-15(12-22-5-7-25-8-6-22)23(18)14-26-9-10-27(2,3)4/h11,13H,5-10,12,14H2,1-4H3. The average Bonchev–Trinajstić information content (AvgIpc) is 2.96. The first kappa shape index (κ1) is 20.8. The number of pyridine rings is 1. The summed E-state index contributed by atoms with van der Waals surface area (Å²) < 4.78 is 16.2. The Labute approximate surface area is 170 Å². The first-order valence-corrected chi connectivity index (χ1v) is 14.0. The van der Waals surface area contributed by atoms with E-state index in [1.165, 1.54) is 0 Å². The summed E-state index contributed by atoms with van der Waals surface area (Å²) in [6.45, 7) is 12.4. The number of fused-ring (bicyclic) bond motifs is 1. The summed E-state index contributed by atoms with van der Waals surface area (Å²) in [6.07, 6.45) is 1.84. The van der Waals surface area contributed by atoms with Crippen LogP contribution in [-0.2, 0) is 29.8 Å². The van der Waals surface area contributed by atoms with Crippen LogP contribution in [-0.4, -0.2) is 55.0 Å². The zero-order valence-corrected chi connectivity index (χ0v) is 19.3. The van der Waals surface area contributed by atoms with Crippen LogP contribution in [0.4, 0.5) is 0 Å². The van der Waals surface area contributed by atoms with Crippen LogP contribution in [0.1, 0.15) is 5.69 Å². The highest BCUT2D eigenvalue weighted by Crippen LogP contribution is 2.26. The average molecular weight is 456 g/mol. The molecule has 1 saturated heterocycles. The summed E-state index contributed by atoms with van der Waals surface area (Å²) >= 11 is 3.65. The third-order valence-corrected chi connectivity index (χ3v) is 7.26. The minimum absolute atomic E-state index is 0.0253. The molecule has 0 bridgehead atoms. The number of aromatic nitrogens is 2. The van der Waals surface area contributed by atoms with Gasteiger partial charge < -0.3 is 18.6 Å². The van der Waals surface area contributed by atoms with Crippen LogP contribution in [0.5, 0.6) is 0 Å². The number of halogens is 1. The van der Waals surface area contributed by atoms with Gasteiger partial charge in [-0.15, -0.1) is 0 Å². The van der Waals surface area contributed by atoms with Crippen molar-refractivity contribution in [3.05, 3.63) is 32.8 Å². The van der Waals surface area contributed by atoms with E-state index in [1.54, 1.807) is 11.6 Å². The number of hydrogen-bond donors (Lipinski definition) is 0. The molecule has 0 spiro atoms. The summed E-state index contributed by atoms with van der Waals surface area (Å²) in [4.78, 5) is 15.0. The lowest BCUT2D eigenvalue weighted by atomic mass is 10.3. The van der Waals surface area contributed by atoms with Gasteiger partial charge in [0.1, 0.15) is 6.73 Å². The normalized spacial score (nSPS) is 16.3. The molecule has 0 saturated carbocycles. The van der Waals surface area contributed by atoms with Gasteiger partial charge in [0.05, 0.1) is 28.6 Å². The molecule has 0 unspecified atom stereocenters. The van der Waals surface area contributed by atoms with Crippen molar-refractivity contribution in [2.45, 2.75) is 39.0 Å². The molecule has 0 radical (unpaired) electrons. The minimum Gasteiger partial charge on any atom is -0.379 e. The molecule has 3 rings (SSSR count). The van der Waals surface area contributed by atoms with E-state index in [-0.39, 0.29) is 5.56 Å². The number of nitrogens with zero attached hydrogens (tertiary/aromatic N) is 3. The van der Waals surface area contributed by atoms with Crippen LogP contribution in [0, 0.1) is 0 Å². The predicted octanol–water partition coefficient (Wildman–Crippen LogP) is 3.25. The van der Waals surface area contributed by atoms with Gasteiger partial charge in [0.25, 0.3) is 5.56 Å². The molecule has 1 aliphatic rings. The zero-order valence-electron chi connectivity index (χ0n) is 16.8. The summed E-state index contributed by atoms with van der Waals surface area (Å²) in [7, 11) is 0.660. The maximum absolute atomic E-state index is 12.7. The molecule has 1 fully saturated rings. The summed E-state index contributed by atoms with van der Waals surface area (Å²) in [5.74, 6) is 0. The smallest absolute Gasteiger partial charge is 0.259 e. The van der Waals surface area contributed by atoms with Gasteiger partial charge in [0, 0.05) is 53.3 Å². The molecule has 150 valence electrons. The van der Waals surface area contributed by atoms with Gasteiger partial charge in [-0.3, -0.25) is 9.69 Å². The topological polar surface area (TPSA) is 48.6 Å². The molecule has 8 heteroatoms. The summed E-state index contributed by atoms with van der Waals surface area (Å²) in [5.41, 5.74) is 2.07. The fraction of sp³-hybridized carbons (Fsp3) is 0.632. The lowest BCUT2D eigenvalue weighted by Crippen LogP contribution is -2.36. The molecule has 0 aliphatic carbocycles. The Morgan fingerprint density at radius 2 is 1.96 bits per heavy atom. The SMILES string of the molecule is Cn1cc(Br)c2c(cc(CN3CCOCC3)n2COCC[Si](C)(C)C)c1=O. The van der Waals surface area contributed by atoms with E-state index in [9.17, 15) is 4.79 Å². The Bertz CT molecular complexity index is 850. The van der Waals surface area contributed by atoms with Gasteiger partial charge in [-0.2, -0.15) is 0 Å². The maximum Gasteiger partial charge on any atom is 0.259 e. The molecule has 0 amide bonds. The van der Waals surface area contributed by atoms with Gasteiger partial charge >= 0.3 is 0 Å². The fourth-order valence-electron chi connectivity index (χ4n) is 3.30. The largest absolute Gasteiger partial charge is 0.379 e. The molecule has 1 aliphatic heterocycles. The van der Waals surface area contributed by atoms with Crippen molar-refractivity contribution in [2.24, 2.45) is 7.05 Å². The van der Waals surface area contributed by atoms with Crippen molar-refractivity contribution in [1.82, 2.24) is 14.0 Å². The van der Waals surface area contributed by atoms with Gasteiger partial charge in [0.15, 0.2) is 0 Å². The van der Waals surface area contributed by atoms with Crippen LogP contribution in [0.15, 0.2) is 21.5 Å². The highest BCUT2D eigenvalue weighted by atomic mass is 79.9. The summed E-state index contributed by atoms with van der Waals surface area (Å²) in [6, 6.07) is 3.16. The molecule has 2 aromatic rings. The minimum atomic E-state index is -1.13. The lowest BCUT2D eigenvalue weighted by Gasteiger charge is -2.27. The van der Waals surface area contributed by atoms with Crippen LogP contribution >= 0.6 is 15.9 Å². The molecular weight excluding hydrogens is 426 g/mol. The quantitative estimate of drug-likeness (QED) is 0.474. The van der Waals surface area contributed by atoms with E-state index in [2.05, 4.69) is 45.0 Å². The fourth-order valence-corrected chi connectivity index (χ4v) is 4.79. The molecule has 0 aromatic carbocycles. The Balaban J connectivity index is 1.90. The second-order valence-corrected chi connectivity index (χ2v) is 14.9. The van der Waals surface area contributed by atoms with Gasteiger partial charge in [0.2, 0.25) is 0 Å². The van der Waals surface area contributed by atoms with Gasteiger partial charge in [-0.25, -0.2) is 0 Å². The van der Waals surface area contributed by atoms with Crippen molar-refractivity contribution in [3.8, 4) is 0 Å². The second kappa shape index (κ2) is 8.61. The van der Waals surface area contributed by atoms with Crippen LogP contribution in [0.3, 0.4) is 0 Å². The van der Waals surface area contributed by atoms with E-state index in [4.69, 9.17) is 9.47 Å². The van der Waals surface area contributed by atoms with E-state index in [0.717, 1.165) is 66.6 Å². The third kappa shape index (κ3) is 5.11. The molecule has 2 aromatic heterocycles. The van der Waals surface area contributed by atoms with E-state index in [0.29, 0.717) is 6.73 Å². The van der Waals surface area contributed by atoms with E-state index >= 15 is 0 Å². The van der Waals surface area contributed by atoms with Crippen molar-refractivity contribution < 1.29 is 9.47 Å². The third-order valence-electron chi connectivity index (χ3n) is 4.97. The molecule has 3 heterocycles. The number of ether oxygens (including phenoxy) is 2. The lowest BCUT2D eigenvalue weighted by molar-refractivity contribution is 0.0312. The Morgan fingerprint density at radius 3 is 2.63 bits per heavy atom. The second-order valence-electron chi connectivity index (χ2n) is 8.46. The van der Waals surface area contributed by atoms with Crippen LogP contribution in [0.25, 0.3) is 10.9 Å². The maximum atomic E-state index is 12.7. The number of morpholine rings is 1. The van der Waals surface area contributed by atoms with Crippen LogP contribution in [0.2, 0.25) is 25.7 Å². The number of hydrogen-bond acceptors (Lipinski definition) is 4. The van der Waals surface area contributed by atoms with E-state index in [1.807, 2.05) is 12.3 Å². The van der Waals surface area contributed by atoms with Crippen molar-refractivity contribution in [3.63, 3.8) is 0 Å². The molecule has 0 N–H and O–H groups in total. The molecule has 27 heavy (non-hydrogen) atoms. The highest BCUT2D eigenvalue weighted by molar-refractivity contribution is 9.10.